The summed E-state index contributed by atoms with van der Waals surface area (Å²) in [5, 5.41) is 4.05. The molecule has 0 radical (unpaired) electrons. The second-order valence-electron chi connectivity index (χ2n) is 7.57. The van der Waals surface area contributed by atoms with Gasteiger partial charge in [0, 0.05) is 12.6 Å². The average Bonchev–Trinajstić information content (AvgIpc) is 3.39. The number of hydrogen-bond acceptors (Lipinski definition) is 6. The highest BCUT2D eigenvalue weighted by Crippen LogP contribution is 2.39. The number of methoxy groups -OCH3 is 1. The number of fused-ring (bicyclic) bond motifs is 2. The number of aromatic nitrogens is 4. The second-order valence-corrected chi connectivity index (χ2v) is 7.57. The standard InChI is InChI=1S/C22H19F2N5O3/c1-28(21(30)14-6-12-4-3-5-18(31-2)19(12)32-10-14)17-8-13(17)7-15-9-16(20(23)24)27-22-25-11-26-29(15)22/h3-7,9,11,17,20H,8,10H2,1-2H3/b13-7-/t17-/m0/s1. The van der Waals surface area contributed by atoms with Gasteiger partial charge in [-0.25, -0.2) is 13.8 Å². The molecule has 0 spiro atoms. The number of benzene rings is 1. The van der Waals surface area contributed by atoms with Crippen LogP contribution in [-0.2, 0) is 4.79 Å². The van der Waals surface area contributed by atoms with Gasteiger partial charge in [0.25, 0.3) is 18.1 Å². The SMILES string of the molecule is COc1cccc2c1OCC(C(=O)N(C)[C@H]1C/C1=C/c1cc(C(F)F)nc3ncnn13)=C2. The molecule has 1 aromatic carbocycles. The number of hydrogen-bond donors (Lipinski definition) is 0. The van der Waals surface area contributed by atoms with E-state index in [0.717, 1.165) is 11.1 Å². The Labute approximate surface area is 181 Å². The van der Waals surface area contributed by atoms with E-state index in [1.165, 1.54) is 16.9 Å². The van der Waals surface area contributed by atoms with Gasteiger partial charge < -0.3 is 14.4 Å². The first-order valence-corrected chi connectivity index (χ1v) is 9.93. The first-order valence-electron chi connectivity index (χ1n) is 9.93. The van der Waals surface area contributed by atoms with Crippen LogP contribution in [0.2, 0.25) is 0 Å². The van der Waals surface area contributed by atoms with Crippen molar-refractivity contribution in [2.45, 2.75) is 18.9 Å². The molecule has 0 saturated heterocycles. The fraction of sp³-hybridized carbons (Fsp3) is 0.273. The van der Waals surface area contributed by atoms with Crippen LogP contribution in [0.15, 0.2) is 41.7 Å². The van der Waals surface area contributed by atoms with Crippen molar-refractivity contribution >= 4 is 23.8 Å². The number of halogens is 2. The topological polar surface area (TPSA) is 81.9 Å². The van der Waals surface area contributed by atoms with Gasteiger partial charge in [-0.1, -0.05) is 12.1 Å². The number of amides is 1. The predicted molar refractivity (Wildman–Crippen MR) is 111 cm³/mol. The Morgan fingerprint density at radius 3 is 3.03 bits per heavy atom. The van der Waals surface area contributed by atoms with E-state index in [0.29, 0.717) is 29.2 Å². The van der Waals surface area contributed by atoms with Gasteiger partial charge in [0.1, 0.15) is 18.6 Å². The van der Waals surface area contributed by atoms with Gasteiger partial charge in [-0.05, 0) is 36.3 Å². The monoisotopic (exact) mass is 439 g/mol. The lowest BCUT2D eigenvalue weighted by Crippen LogP contribution is -2.32. The summed E-state index contributed by atoms with van der Waals surface area (Å²) in [6, 6.07) is 6.66. The third-order valence-corrected chi connectivity index (χ3v) is 5.55. The largest absolute Gasteiger partial charge is 0.493 e. The highest BCUT2D eigenvalue weighted by molar-refractivity contribution is 6.00. The summed E-state index contributed by atoms with van der Waals surface area (Å²) in [6.45, 7) is 0.143. The fourth-order valence-electron chi connectivity index (χ4n) is 3.80. The summed E-state index contributed by atoms with van der Waals surface area (Å²) < 4.78 is 38.8. The summed E-state index contributed by atoms with van der Waals surface area (Å²) in [5.74, 6) is 1.19. The van der Waals surface area contributed by atoms with Crippen LogP contribution >= 0.6 is 0 Å². The molecule has 10 heteroatoms. The Kier molecular flexibility index (Phi) is 4.84. The van der Waals surface area contributed by atoms with Crippen LogP contribution in [0.5, 0.6) is 11.5 Å². The number of carbonyl (C=O) groups excluding carboxylic acids is 1. The smallest absolute Gasteiger partial charge is 0.280 e. The van der Waals surface area contributed by atoms with Gasteiger partial charge in [-0.2, -0.15) is 14.6 Å². The van der Waals surface area contributed by atoms with E-state index in [9.17, 15) is 13.6 Å². The Hall–Kier alpha value is -3.82. The molecule has 1 atom stereocenters. The van der Waals surface area contributed by atoms with Gasteiger partial charge in [0.2, 0.25) is 0 Å². The maximum absolute atomic E-state index is 13.2. The van der Waals surface area contributed by atoms with Crippen LogP contribution in [0.3, 0.4) is 0 Å². The molecular weight excluding hydrogens is 420 g/mol. The Balaban J connectivity index is 1.37. The van der Waals surface area contributed by atoms with E-state index in [4.69, 9.17) is 9.47 Å². The molecule has 2 aromatic heterocycles. The van der Waals surface area contributed by atoms with Crippen molar-refractivity contribution in [3.8, 4) is 11.5 Å². The molecule has 0 bridgehead atoms. The Bertz CT molecular complexity index is 1280. The molecule has 164 valence electrons. The van der Waals surface area contributed by atoms with Gasteiger partial charge in [-0.15, -0.1) is 0 Å². The normalized spacial score (nSPS) is 18.3. The second kappa shape index (κ2) is 7.70. The van der Waals surface area contributed by atoms with Crippen molar-refractivity contribution in [3.63, 3.8) is 0 Å². The molecule has 32 heavy (non-hydrogen) atoms. The molecule has 3 aromatic rings. The van der Waals surface area contributed by atoms with Crippen LogP contribution in [0.1, 0.15) is 29.8 Å². The molecule has 0 N–H and O–H groups in total. The first kappa shape index (κ1) is 20.1. The number of para-hydroxylation sites is 1. The van der Waals surface area contributed by atoms with Crippen LogP contribution in [0.4, 0.5) is 8.78 Å². The van der Waals surface area contributed by atoms with Crippen LogP contribution in [0, 0.1) is 0 Å². The molecule has 2 aliphatic rings. The minimum atomic E-state index is -2.71. The number of ether oxygens (including phenoxy) is 2. The highest BCUT2D eigenvalue weighted by Gasteiger charge is 2.38. The van der Waals surface area contributed by atoms with Crippen molar-refractivity contribution in [1.82, 2.24) is 24.5 Å². The molecule has 1 aliphatic carbocycles. The van der Waals surface area contributed by atoms with Gasteiger partial charge in [0.15, 0.2) is 11.5 Å². The summed E-state index contributed by atoms with van der Waals surface area (Å²) in [5.41, 5.74) is 2.33. The number of alkyl halides is 2. The number of likely N-dealkylation sites (N-methyl/N-ethyl adjacent to an activating group) is 1. The van der Waals surface area contributed by atoms with E-state index >= 15 is 0 Å². The summed E-state index contributed by atoms with van der Waals surface area (Å²) >= 11 is 0. The van der Waals surface area contributed by atoms with Crippen LogP contribution in [-0.4, -0.2) is 57.2 Å². The average molecular weight is 439 g/mol. The van der Waals surface area contributed by atoms with E-state index in [2.05, 4.69) is 15.1 Å². The zero-order valence-corrected chi connectivity index (χ0v) is 17.3. The molecule has 0 unspecified atom stereocenters. The molecular formula is C22H19F2N5O3. The maximum atomic E-state index is 13.2. The number of nitrogens with zero attached hydrogens (tertiary/aromatic N) is 5. The summed E-state index contributed by atoms with van der Waals surface area (Å²) in [7, 11) is 3.29. The molecule has 1 amide bonds. The Morgan fingerprint density at radius 2 is 2.25 bits per heavy atom. The lowest BCUT2D eigenvalue weighted by Gasteiger charge is -2.23. The number of carbonyl (C=O) groups is 1. The third kappa shape index (κ3) is 3.47. The molecule has 1 fully saturated rings. The highest BCUT2D eigenvalue weighted by atomic mass is 19.3. The van der Waals surface area contributed by atoms with Gasteiger partial charge >= 0.3 is 0 Å². The van der Waals surface area contributed by atoms with Crippen molar-refractivity contribution in [2.75, 3.05) is 20.8 Å². The lowest BCUT2D eigenvalue weighted by atomic mass is 10.1. The zero-order chi connectivity index (χ0) is 22.4. The van der Waals surface area contributed by atoms with Crippen LogP contribution < -0.4 is 9.47 Å². The van der Waals surface area contributed by atoms with Crippen molar-refractivity contribution < 1.29 is 23.0 Å². The van der Waals surface area contributed by atoms with Crippen molar-refractivity contribution in [3.05, 3.63) is 58.7 Å². The third-order valence-electron chi connectivity index (χ3n) is 5.55. The first-order chi connectivity index (χ1) is 15.5. The molecule has 3 heterocycles. The van der Waals surface area contributed by atoms with E-state index in [1.54, 1.807) is 31.2 Å². The molecule has 8 nitrogen and oxygen atoms in total. The van der Waals surface area contributed by atoms with E-state index < -0.39 is 6.43 Å². The molecule has 1 saturated carbocycles. The van der Waals surface area contributed by atoms with E-state index in [-0.39, 0.29) is 30.0 Å². The minimum Gasteiger partial charge on any atom is -0.493 e. The minimum absolute atomic E-state index is 0.106. The van der Waals surface area contributed by atoms with Gasteiger partial charge in [0.05, 0.1) is 24.4 Å². The molecule has 1 aliphatic heterocycles. The summed E-state index contributed by atoms with van der Waals surface area (Å²) in [4.78, 5) is 22.4. The zero-order valence-electron chi connectivity index (χ0n) is 17.3. The predicted octanol–water partition coefficient (Wildman–Crippen LogP) is 3.16. The fourth-order valence-corrected chi connectivity index (χ4v) is 3.80. The van der Waals surface area contributed by atoms with Crippen molar-refractivity contribution in [1.29, 1.82) is 0 Å². The summed E-state index contributed by atoms with van der Waals surface area (Å²) in [6.07, 6.45) is 2.76. The quantitative estimate of drug-likeness (QED) is 0.608. The van der Waals surface area contributed by atoms with Gasteiger partial charge in [-0.3, -0.25) is 4.79 Å². The maximum Gasteiger partial charge on any atom is 0.280 e. The van der Waals surface area contributed by atoms with Crippen LogP contribution in [0.25, 0.3) is 17.9 Å². The van der Waals surface area contributed by atoms with Crippen molar-refractivity contribution in [2.24, 2.45) is 0 Å². The van der Waals surface area contributed by atoms with E-state index in [1.807, 2.05) is 18.2 Å². The molecule has 5 rings (SSSR count). The Morgan fingerprint density at radius 1 is 1.41 bits per heavy atom. The lowest BCUT2D eigenvalue weighted by molar-refractivity contribution is -0.126. The number of rotatable bonds is 5.